The summed E-state index contributed by atoms with van der Waals surface area (Å²) in [4.78, 5) is 4.04. The Labute approximate surface area is 80.0 Å². The summed E-state index contributed by atoms with van der Waals surface area (Å²) in [5.74, 6) is 0.671. The quantitative estimate of drug-likeness (QED) is 0.757. The molecule has 0 amide bonds. The highest BCUT2D eigenvalue weighted by molar-refractivity contribution is 5.48. The van der Waals surface area contributed by atoms with Gasteiger partial charge in [-0.15, -0.1) is 0 Å². The molecule has 0 aliphatic carbocycles. The van der Waals surface area contributed by atoms with Crippen molar-refractivity contribution >= 4 is 0 Å². The zero-order chi connectivity index (χ0) is 9.97. The number of aliphatic hydroxyl groups is 1. The van der Waals surface area contributed by atoms with Crippen LogP contribution in [-0.2, 0) is 0 Å². The fourth-order valence-corrected chi connectivity index (χ4v) is 1.04. The highest BCUT2D eigenvalue weighted by atomic mass is 16.5. The van der Waals surface area contributed by atoms with Crippen molar-refractivity contribution in [1.29, 1.82) is 0 Å². The zero-order valence-corrected chi connectivity index (χ0v) is 7.64. The molecule has 0 spiro atoms. The van der Waals surface area contributed by atoms with Crippen LogP contribution in [0.5, 0.6) is 0 Å². The molecule has 0 saturated heterocycles. The predicted molar refractivity (Wildman–Crippen MR) is 47.1 cm³/mol. The van der Waals surface area contributed by atoms with Crippen LogP contribution in [0, 0.1) is 0 Å². The summed E-state index contributed by atoms with van der Waals surface area (Å²) in [5, 5.41) is 19.5. The molecule has 6 heteroatoms. The lowest BCUT2D eigenvalue weighted by Gasteiger charge is -1.97. The van der Waals surface area contributed by atoms with Crippen LogP contribution in [0.4, 0.5) is 0 Å². The van der Waals surface area contributed by atoms with E-state index in [1.165, 1.54) is 0 Å². The number of hydrogen-bond acceptors (Lipinski definition) is 5. The lowest BCUT2D eigenvalue weighted by molar-refractivity contribution is 0.159. The molecule has 2 N–H and O–H groups in total. The second kappa shape index (κ2) is 3.59. The first kappa shape index (κ1) is 8.89. The number of aromatic nitrogens is 4. The van der Waals surface area contributed by atoms with E-state index in [1.54, 1.807) is 12.4 Å². The van der Waals surface area contributed by atoms with Crippen LogP contribution in [-0.4, -0.2) is 25.4 Å². The molecule has 1 unspecified atom stereocenters. The third-order valence-electron chi connectivity index (χ3n) is 1.87. The lowest BCUT2D eigenvalue weighted by atomic mass is 10.3. The molecule has 0 saturated carbocycles. The number of aliphatic hydroxyl groups excluding tert-OH is 1. The Balaban J connectivity index is 2.26. The maximum Gasteiger partial charge on any atom is 0.261 e. The molecular formula is C8H10N4O2. The van der Waals surface area contributed by atoms with Crippen LogP contribution in [0.1, 0.15) is 25.3 Å². The van der Waals surface area contributed by atoms with Gasteiger partial charge in [0, 0.05) is 6.20 Å². The first-order valence-corrected chi connectivity index (χ1v) is 4.32. The van der Waals surface area contributed by atoms with E-state index in [4.69, 9.17) is 4.52 Å². The highest BCUT2D eigenvalue weighted by Gasteiger charge is 2.14. The summed E-state index contributed by atoms with van der Waals surface area (Å²) in [6.07, 6.45) is 3.12. The van der Waals surface area contributed by atoms with E-state index in [-0.39, 0.29) is 0 Å². The van der Waals surface area contributed by atoms with Gasteiger partial charge >= 0.3 is 0 Å². The Morgan fingerprint density at radius 2 is 2.50 bits per heavy atom. The zero-order valence-electron chi connectivity index (χ0n) is 7.64. The molecule has 0 bridgehead atoms. The highest BCUT2D eigenvalue weighted by Crippen LogP contribution is 2.18. The van der Waals surface area contributed by atoms with Gasteiger partial charge in [0.25, 0.3) is 5.89 Å². The summed E-state index contributed by atoms with van der Waals surface area (Å²) >= 11 is 0. The van der Waals surface area contributed by atoms with E-state index in [1.807, 2.05) is 6.92 Å². The Morgan fingerprint density at radius 1 is 1.64 bits per heavy atom. The van der Waals surface area contributed by atoms with Crippen molar-refractivity contribution in [2.24, 2.45) is 0 Å². The number of hydrogen-bond donors (Lipinski definition) is 2. The van der Waals surface area contributed by atoms with E-state index in [9.17, 15) is 5.11 Å². The molecule has 2 rings (SSSR count). The molecule has 0 aliphatic heterocycles. The number of aromatic amines is 1. The van der Waals surface area contributed by atoms with Gasteiger partial charge in [0.05, 0.1) is 11.8 Å². The van der Waals surface area contributed by atoms with E-state index in [2.05, 4.69) is 20.3 Å². The Bertz CT molecular complexity index is 395. The second-order valence-corrected chi connectivity index (χ2v) is 2.87. The Kier molecular flexibility index (Phi) is 2.28. The van der Waals surface area contributed by atoms with Gasteiger partial charge < -0.3 is 9.63 Å². The third-order valence-corrected chi connectivity index (χ3v) is 1.87. The molecule has 0 aliphatic rings. The molecular weight excluding hydrogens is 184 g/mol. The Morgan fingerprint density at radius 3 is 3.14 bits per heavy atom. The molecule has 74 valence electrons. The topological polar surface area (TPSA) is 87.8 Å². The minimum atomic E-state index is -0.667. The monoisotopic (exact) mass is 194 g/mol. The van der Waals surface area contributed by atoms with Gasteiger partial charge in [-0.25, -0.2) is 0 Å². The van der Waals surface area contributed by atoms with Gasteiger partial charge in [-0.3, -0.25) is 5.10 Å². The number of nitrogens with zero attached hydrogens (tertiary/aromatic N) is 3. The number of H-pyrrole nitrogens is 1. The fraction of sp³-hybridized carbons (Fsp3) is 0.375. The summed E-state index contributed by atoms with van der Waals surface area (Å²) in [6.45, 7) is 1.85. The van der Waals surface area contributed by atoms with Crippen molar-refractivity contribution < 1.29 is 9.63 Å². The fourth-order valence-electron chi connectivity index (χ4n) is 1.04. The summed E-state index contributed by atoms with van der Waals surface area (Å²) in [7, 11) is 0. The van der Waals surface area contributed by atoms with Crippen molar-refractivity contribution in [3.63, 3.8) is 0 Å². The van der Waals surface area contributed by atoms with Gasteiger partial charge in [-0.2, -0.15) is 10.1 Å². The van der Waals surface area contributed by atoms with Crippen molar-refractivity contribution in [1.82, 2.24) is 20.3 Å². The standard InChI is InChI=1S/C8H10N4O2/c1-2-6(13)7-11-8(14-12-7)5-3-9-10-4-5/h3-4,6,13H,2H2,1H3,(H,9,10). The van der Waals surface area contributed by atoms with E-state index >= 15 is 0 Å². The molecule has 2 heterocycles. The average molecular weight is 194 g/mol. The van der Waals surface area contributed by atoms with Crippen LogP contribution < -0.4 is 0 Å². The van der Waals surface area contributed by atoms with E-state index in [0.29, 0.717) is 23.7 Å². The van der Waals surface area contributed by atoms with Crippen molar-refractivity contribution in [2.75, 3.05) is 0 Å². The normalized spacial score (nSPS) is 13.0. The molecule has 0 radical (unpaired) electrons. The molecule has 0 aromatic carbocycles. The molecule has 0 fully saturated rings. The summed E-state index contributed by atoms with van der Waals surface area (Å²) in [6, 6.07) is 0. The van der Waals surface area contributed by atoms with Crippen molar-refractivity contribution in [2.45, 2.75) is 19.4 Å². The van der Waals surface area contributed by atoms with E-state index < -0.39 is 6.10 Å². The maximum atomic E-state index is 9.43. The molecule has 14 heavy (non-hydrogen) atoms. The van der Waals surface area contributed by atoms with Gasteiger partial charge in [-0.1, -0.05) is 12.1 Å². The first-order chi connectivity index (χ1) is 6.81. The number of nitrogens with one attached hydrogen (secondary N) is 1. The first-order valence-electron chi connectivity index (χ1n) is 4.32. The Hall–Kier alpha value is -1.69. The van der Waals surface area contributed by atoms with Crippen molar-refractivity contribution in [3.8, 4) is 11.5 Å². The minimum absolute atomic E-state index is 0.309. The average Bonchev–Trinajstić information content (AvgIpc) is 2.86. The van der Waals surface area contributed by atoms with Crippen LogP contribution in [0.2, 0.25) is 0 Å². The van der Waals surface area contributed by atoms with Gasteiger partial charge in [-0.05, 0) is 6.42 Å². The van der Waals surface area contributed by atoms with Gasteiger partial charge in [0.2, 0.25) is 5.82 Å². The second-order valence-electron chi connectivity index (χ2n) is 2.87. The van der Waals surface area contributed by atoms with Crippen molar-refractivity contribution in [3.05, 3.63) is 18.2 Å². The molecule has 1 atom stereocenters. The minimum Gasteiger partial charge on any atom is -0.385 e. The van der Waals surface area contributed by atoms with Gasteiger partial charge in [0.15, 0.2) is 0 Å². The molecule has 2 aromatic heterocycles. The van der Waals surface area contributed by atoms with Crippen LogP contribution in [0.15, 0.2) is 16.9 Å². The molecule has 6 nitrogen and oxygen atoms in total. The SMILES string of the molecule is CCC(O)c1noc(-c2cn[nH]c2)n1. The number of rotatable bonds is 3. The van der Waals surface area contributed by atoms with E-state index in [0.717, 1.165) is 0 Å². The molecule has 2 aromatic rings. The lowest BCUT2D eigenvalue weighted by Crippen LogP contribution is -1.97. The largest absolute Gasteiger partial charge is 0.385 e. The third kappa shape index (κ3) is 1.51. The smallest absolute Gasteiger partial charge is 0.261 e. The summed E-state index contributed by atoms with van der Waals surface area (Å²) in [5.41, 5.74) is 0.715. The predicted octanol–water partition coefficient (Wildman–Crippen LogP) is 0.903. The van der Waals surface area contributed by atoms with Crippen LogP contribution in [0.25, 0.3) is 11.5 Å². The van der Waals surface area contributed by atoms with Gasteiger partial charge in [0.1, 0.15) is 6.10 Å². The summed E-state index contributed by atoms with van der Waals surface area (Å²) < 4.78 is 4.95. The maximum absolute atomic E-state index is 9.43. The van der Waals surface area contributed by atoms with Crippen LogP contribution >= 0.6 is 0 Å². The van der Waals surface area contributed by atoms with Crippen LogP contribution in [0.3, 0.4) is 0 Å².